The number of hydrogen-bond donors (Lipinski definition) is 0. The van der Waals surface area contributed by atoms with Gasteiger partial charge in [-0.2, -0.15) is 0 Å². The average molecular weight is 731 g/mol. The summed E-state index contributed by atoms with van der Waals surface area (Å²) < 4.78 is 2.58. The molecule has 11 rings (SSSR count). The van der Waals surface area contributed by atoms with Crippen molar-refractivity contribution in [3.8, 4) is 56.2 Å². The molecule has 0 radical (unpaired) electrons. The minimum absolute atomic E-state index is 0.481. The van der Waals surface area contributed by atoms with E-state index in [4.69, 9.17) is 9.97 Å². The van der Waals surface area contributed by atoms with E-state index in [9.17, 15) is 0 Å². The van der Waals surface area contributed by atoms with E-state index < -0.39 is 5.41 Å². The Balaban J connectivity index is 1.07. The molecule has 0 saturated carbocycles. The van der Waals surface area contributed by atoms with Crippen LogP contribution in [0.15, 0.2) is 206 Å². The van der Waals surface area contributed by atoms with Crippen molar-refractivity contribution in [3.63, 3.8) is 0 Å². The fourth-order valence-electron chi connectivity index (χ4n) is 8.91. The fourth-order valence-corrected chi connectivity index (χ4v) is 10.00. The lowest BCUT2D eigenvalue weighted by atomic mass is 9.66. The highest BCUT2D eigenvalue weighted by molar-refractivity contribution is 7.25. The fraction of sp³-hybridized carbons (Fsp3) is 0.0189. The van der Waals surface area contributed by atoms with Gasteiger partial charge in [-0.05, 0) is 68.8 Å². The van der Waals surface area contributed by atoms with Crippen molar-refractivity contribution >= 4 is 31.5 Å². The molecule has 56 heavy (non-hydrogen) atoms. The predicted molar refractivity (Wildman–Crippen MR) is 234 cm³/mol. The SMILES string of the molecule is c1ccc(-c2nc(-c3ccc(-c4cccc5c4C(c4ccccc4)(c4ccccc4)c4ccccc4-5)cc3)cc(-c3ccc4sc5ccccc5c4c3)n2)cc1. The summed E-state index contributed by atoms with van der Waals surface area (Å²) in [7, 11) is 0. The van der Waals surface area contributed by atoms with E-state index in [-0.39, 0.29) is 0 Å². The summed E-state index contributed by atoms with van der Waals surface area (Å²) in [5, 5.41) is 2.54. The summed E-state index contributed by atoms with van der Waals surface area (Å²) >= 11 is 1.83. The first kappa shape index (κ1) is 32.5. The van der Waals surface area contributed by atoms with Crippen molar-refractivity contribution in [1.29, 1.82) is 0 Å². The molecular weight excluding hydrogens is 697 g/mol. The smallest absolute Gasteiger partial charge is 0.160 e. The second kappa shape index (κ2) is 13.1. The van der Waals surface area contributed by atoms with Crippen LogP contribution in [0.3, 0.4) is 0 Å². The molecule has 0 N–H and O–H groups in total. The predicted octanol–water partition coefficient (Wildman–Crippen LogP) is 13.9. The van der Waals surface area contributed by atoms with E-state index in [1.165, 1.54) is 64.7 Å². The summed E-state index contributed by atoms with van der Waals surface area (Å²) in [4.78, 5) is 10.3. The molecule has 1 aliphatic carbocycles. The minimum Gasteiger partial charge on any atom is -0.228 e. The monoisotopic (exact) mass is 730 g/mol. The number of thiophene rings is 1. The third kappa shape index (κ3) is 5.09. The number of aromatic nitrogens is 2. The standard InChI is InChI=1S/C53H34N2S/c1-4-15-37(16-5-1)52-54-47(34-48(55-52)38-31-32-50-45(33-38)43-22-11-13-26-49(43)56-50)36-29-27-35(28-30-36)41-23-14-24-44-42-21-10-12-25-46(42)53(51(41)44,39-17-6-2-7-18-39)40-19-8-3-9-20-40/h1-34H. The highest BCUT2D eigenvalue weighted by atomic mass is 32.1. The van der Waals surface area contributed by atoms with Gasteiger partial charge in [-0.3, -0.25) is 0 Å². The van der Waals surface area contributed by atoms with Crippen molar-refractivity contribution in [3.05, 3.63) is 229 Å². The molecule has 8 aromatic carbocycles. The van der Waals surface area contributed by atoms with Gasteiger partial charge < -0.3 is 0 Å². The molecule has 262 valence electrons. The molecule has 0 bridgehead atoms. The summed E-state index contributed by atoms with van der Waals surface area (Å²) in [6.07, 6.45) is 0. The van der Waals surface area contributed by atoms with Crippen LogP contribution in [-0.4, -0.2) is 9.97 Å². The van der Waals surface area contributed by atoms with Gasteiger partial charge in [0.05, 0.1) is 16.8 Å². The lowest BCUT2D eigenvalue weighted by Gasteiger charge is -2.35. The van der Waals surface area contributed by atoms with Gasteiger partial charge in [0.2, 0.25) is 0 Å². The number of rotatable bonds is 6. The molecule has 1 aliphatic rings. The first-order chi connectivity index (χ1) is 27.8. The van der Waals surface area contributed by atoms with E-state index in [1.807, 2.05) is 29.5 Å². The van der Waals surface area contributed by atoms with Crippen LogP contribution in [0.5, 0.6) is 0 Å². The maximum atomic E-state index is 5.18. The Bertz CT molecular complexity index is 3020. The van der Waals surface area contributed by atoms with E-state index in [1.54, 1.807) is 0 Å². The van der Waals surface area contributed by atoms with Gasteiger partial charge in [-0.1, -0.05) is 182 Å². The molecule has 2 nitrogen and oxygen atoms in total. The van der Waals surface area contributed by atoms with Crippen molar-refractivity contribution in [2.24, 2.45) is 0 Å². The molecule has 3 heteroatoms. The van der Waals surface area contributed by atoms with Gasteiger partial charge in [0.15, 0.2) is 5.82 Å². The topological polar surface area (TPSA) is 25.8 Å². The number of benzene rings is 8. The third-order valence-corrected chi connectivity index (χ3v) is 12.5. The quantitative estimate of drug-likeness (QED) is 0.170. The van der Waals surface area contributed by atoms with E-state index >= 15 is 0 Å². The lowest BCUT2D eigenvalue weighted by Crippen LogP contribution is -2.29. The summed E-state index contributed by atoms with van der Waals surface area (Å²) in [5.74, 6) is 0.714. The number of hydrogen-bond acceptors (Lipinski definition) is 3. The van der Waals surface area contributed by atoms with Crippen LogP contribution in [0.1, 0.15) is 22.3 Å². The Hall–Kier alpha value is -6.94. The Morgan fingerprint density at radius 2 is 0.911 bits per heavy atom. The van der Waals surface area contributed by atoms with Gasteiger partial charge in [-0.25, -0.2) is 9.97 Å². The summed E-state index contributed by atoms with van der Waals surface area (Å²) in [6.45, 7) is 0. The molecular formula is C53H34N2S. The van der Waals surface area contributed by atoms with Gasteiger partial charge in [-0.15, -0.1) is 11.3 Å². The second-order valence-corrected chi connectivity index (χ2v) is 15.6. The zero-order valence-electron chi connectivity index (χ0n) is 30.4. The molecule has 2 aromatic heterocycles. The Labute approximate surface area is 330 Å². The van der Waals surface area contributed by atoms with Crippen molar-refractivity contribution in [1.82, 2.24) is 9.97 Å². The number of nitrogens with zero attached hydrogens (tertiary/aromatic N) is 2. The van der Waals surface area contributed by atoms with E-state index in [0.29, 0.717) is 5.82 Å². The minimum atomic E-state index is -0.481. The normalized spacial score (nSPS) is 12.8. The van der Waals surface area contributed by atoms with Crippen LogP contribution < -0.4 is 0 Å². The average Bonchev–Trinajstić information content (AvgIpc) is 3.81. The maximum absolute atomic E-state index is 5.18. The molecule has 0 saturated heterocycles. The van der Waals surface area contributed by atoms with Gasteiger partial charge in [0.1, 0.15) is 0 Å². The molecule has 0 fully saturated rings. The Morgan fingerprint density at radius 3 is 1.66 bits per heavy atom. The van der Waals surface area contributed by atoms with Crippen LogP contribution in [0.25, 0.3) is 76.3 Å². The second-order valence-electron chi connectivity index (χ2n) is 14.5. The summed E-state index contributed by atoms with van der Waals surface area (Å²) in [5.41, 5.74) is 14.5. The largest absolute Gasteiger partial charge is 0.228 e. The van der Waals surface area contributed by atoms with Crippen LogP contribution in [-0.2, 0) is 5.41 Å². The molecule has 2 heterocycles. The van der Waals surface area contributed by atoms with Crippen molar-refractivity contribution in [2.45, 2.75) is 5.41 Å². The Kier molecular flexibility index (Phi) is 7.61. The van der Waals surface area contributed by atoms with Crippen molar-refractivity contribution in [2.75, 3.05) is 0 Å². The molecule has 0 spiro atoms. The molecule has 0 amide bonds. The molecule has 0 aliphatic heterocycles. The van der Waals surface area contributed by atoms with Crippen molar-refractivity contribution < 1.29 is 0 Å². The van der Waals surface area contributed by atoms with Crippen LogP contribution in [0, 0.1) is 0 Å². The highest BCUT2D eigenvalue weighted by Gasteiger charge is 2.47. The van der Waals surface area contributed by atoms with E-state index in [2.05, 4.69) is 188 Å². The summed E-state index contributed by atoms with van der Waals surface area (Å²) in [6, 6.07) is 74.5. The lowest BCUT2D eigenvalue weighted by molar-refractivity contribution is 0.770. The van der Waals surface area contributed by atoms with Gasteiger partial charge >= 0.3 is 0 Å². The van der Waals surface area contributed by atoms with Crippen LogP contribution in [0.2, 0.25) is 0 Å². The maximum Gasteiger partial charge on any atom is 0.160 e. The van der Waals surface area contributed by atoms with E-state index in [0.717, 1.165) is 28.1 Å². The zero-order valence-corrected chi connectivity index (χ0v) is 31.2. The Morgan fingerprint density at radius 1 is 0.357 bits per heavy atom. The first-order valence-corrected chi connectivity index (χ1v) is 19.9. The van der Waals surface area contributed by atoms with Crippen LogP contribution >= 0.6 is 11.3 Å². The highest BCUT2D eigenvalue weighted by Crippen LogP contribution is 2.58. The van der Waals surface area contributed by atoms with Gasteiger partial charge in [0.25, 0.3) is 0 Å². The molecule has 0 atom stereocenters. The van der Waals surface area contributed by atoms with Gasteiger partial charge in [0, 0.05) is 36.9 Å². The third-order valence-electron chi connectivity index (χ3n) is 11.4. The molecule has 10 aromatic rings. The van der Waals surface area contributed by atoms with Crippen LogP contribution in [0.4, 0.5) is 0 Å². The molecule has 0 unspecified atom stereocenters. The first-order valence-electron chi connectivity index (χ1n) is 19.1. The number of fused-ring (bicyclic) bond motifs is 6. The zero-order chi connectivity index (χ0) is 37.1.